The van der Waals surface area contributed by atoms with Crippen LogP contribution < -0.4 is 5.32 Å². The highest BCUT2D eigenvalue weighted by Gasteiger charge is 2.06. The Morgan fingerprint density at radius 3 is 2.77 bits per heavy atom. The van der Waals surface area contributed by atoms with Gasteiger partial charge in [-0.2, -0.15) is 0 Å². The number of nitrogens with zero attached hydrogens (tertiary/aromatic N) is 1. The number of aromatic nitrogens is 1. The summed E-state index contributed by atoms with van der Waals surface area (Å²) in [6.45, 7) is 2.03. The smallest absolute Gasteiger partial charge is 0.250 e. The molecule has 0 saturated carbocycles. The zero-order chi connectivity index (χ0) is 15.5. The van der Waals surface area contributed by atoms with Crippen LogP contribution in [0.5, 0.6) is 0 Å². The van der Waals surface area contributed by atoms with E-state index in [0.29, 0.717) is 10.2 Å². The van der Waals surface area contributed by atoms with Gasteiger partial charge in [-0.05, 0) is 36.8 Å². The molecule has 3 rings (SSSR count). The van der Waals surface area contributed by atoms with Crippen LogP contribution in [0.15, 0.2) is 48.5 Å². The Kier molecular flexibility index (Phi) is 4.22. The summed E-state index contributed by atoms with van der Waals surface area (Å²) in [7, 11) is 0. The van der Waals surface area contributed by atoms with E-state index in [1.807, 2.05) is 43.3 Å². The first-order chi connectivity index (χ1) is 10.6. The van der Waals surface area contributed by atoms with Crippen LogP contribution in [0.1, 0.15) is 11.1 Å². The van der Waals surface area contributed by atoms with Gasteiger partial charge in [-0.3, -0.25) is 10.1 Å². The van der Waals surface area contributed by atoms with Crippen molar-refractivity contribution in [2.24, 2.45) is 0 Å². The monoisotopic (exact) mass is 328 g/mol. The van der Waals surface area contributed by atoms with Crippen molar-refractivity contribution in [1.82, 2.24) is 4.98 Å². The maximum absolute atomic E-state index is 11.9. The van der Waals surface area contributed by atoms with Gasteiger partial charge in [0, 0.05) is 11.1 Å². The largest absolute Gasteiger partial charge is 0.298 e. The third kappa shape index (κ3) is 3.53. The van der Waals surface area contributed by atoms with Crippen LogP contribution in [0.4, 0.5) is 5.13 Å². The van der Waals surface area contributed by atoms with Gasteiger partial charge >= 0.3 is 0 Å². The topological polar surface area (TPSA) is 42.0 Å². The van der Waals surface area contributed by atoms with Crippen molar-refractivity contribution in [2.45, 2.75) is 6.92 Å². The molecule has 0 saturated heterocycles. The predicted molar refractivity (Wildman–Crippen MR) is 93.5 cm³/mol. The third-order valence-electron chi connectivity index (χ3n) is 3.09. The number of carbonyl (C=O) groups excluding carboxylic acids is 1. The van der Waals surface area contributed by atoms with E-state index in [1.165, 1.54) is 23.0 Å². The standard InChI is InChI=1S/C17H13ClN2OS/c1-11-2-4-12(5-3-11)6-9-16(21)20-17-19-14-8-7-13(18)10-15(14)22-17/h2-10H,1H3,(H,19,20,21). The summed E-state index contributed by atoms with van der Waals surface area (Å²) in [5, 5.41) is 4.00. The highest BCUT2D eigenvalue weighted by molar-refractivity contribution is 7.22. The zero-order valence-electron chi connectivity index (χ0n) is 11.8. The van der Waals surface area contributed by atoms with E-state index >= 15 is 0 Å². The number of aryl methyl sites for hydroxylation is 1. The van der Waals surface area contributed by atoms with E-state index in [9.17, 15) is 4.79 Å². The Balaban J connectivity index is 1.71. The molecule has 22 heavy (non-hydrogen) atoms. The molecule has 0 bridgehead atoms. The number of hydrogen-bond acceptors (Lipinski definition) is 3. The molecule has 3 nitrogen and oxygen atoms in total. The summed E-state index contributed by atoms with van der Waals surface area (Å²) >= 11 is 7.34. The maximum Gasteiger partial charge on any atom is 0.250 e. The molecular weight excluding hydrogens is 316 g/mol. The van der Waals surface area contributed by atoms with Crippen molar-refractivity contribution < 1.29 is 4.79 Å². The molecule has 0 aliphatic carbocycles. The number of benzene rings is 2. The Hall–Kier alpha value is -2.17. The molecule has 1 aromatic heterocycles. The minimum Gasteiger partial charge on any atom is -0.298 e. The van der Waals surface area contributed by atoms with Crippen LogP contribution in [0.25, 0.3) is 16.3 Å². The van der Waals surface area contributed by atoms with Gasteiger partial charge in [-0.25, -0.2) is 4.98 Å². The van der Waals surface area contributed by atoms with Crippen LogP contribution in [-0.2, 0) is 4.79 Å². The molecule has 0 spiro atoms. The summed E-state index contributed by atoms with van der Waals surface area (Å²) in [6.07, 6.45) is 3.28. The van der Waals surface area contributed by atoms with E-state index in [1.54, 1.807) is 12.1 Å². The quantitative estimate of drug-likeness (QED) is 0.694. The van der Waals surface area contributed by atoms with Crippen LogP contribution >= 0.6 is 22.9 Å². The van der Waals surface area contributed by atoms with E-state index in [2.05, 4.69) is 10.3 Å². The van der Waals surface area contributed by atoms with Gasteiger partial charge in [-0.1, -0.05) is 52.8 Å². The zero-order valence-corrected chi connectivity index (χ0v) is 13.4. The number of anilines is 1. The molecule has 0 atom stereocenters. The second-order valence-electron chi connectivity index (χ2n) is 4.86. The van der Waals surface area contributed by atoms with Gasteiger partial charge in [0.15, 0.2) is 5.13 Å². The first-order valence-corrected chi connectivity index (χ1v) is 7.91. The van der Waals surface area contributed by atoms with E-state index in [4.69, 9.17) is 11.6 Å². The molecular formula is C17H13ClN2OS. The fraction of sp³-hybridized carbons (Fsp3) is 0.0588. The van der Waals surface area contributed by atoms with Gasteiger partial charge < -0.3 is 0 Å². The fourth-order valence-corrected chi connectivity index (χ4v) is 3.09. The summed E-state index contributed by atoms with van der Waals surface area (Å²) in [6, 6.07) is 13.4. The molecule has 5 heteroatoms. The maximum atomic E-state index is 11.9. The van der Waals surface area contributed by atoms with Gasteiger partial charge in [0.2, 0.25) is 5.91 Å². The van der Waals surface area contributed by atoms with Gasteiger partial charge in [-0.15, -0.1) is 0 Å². The van der Waals surface area contributed by atoms with E-state index < -0.39 is 0 Å². The van der Waals surface area contributed by atoms with Crippen molar-refractivity contribution in [3.05, 3.63) is 64.7 Å². The molecule has 0 radical (unpaired) electrons. The Labute approximate surface area is 137 Å². The lowest BCUT2D eigenvalue weighted by Gasteiger charge is -1.96. The van der Waals surface area contributed by atoms with Gasteiger partial charge in [0.25, 0.3) is 0 Å². The SMILES string of the molecule is Cc1ccc(C=CC(=O)Nc2nc3ccc(Cl)cc3s2)cc1. The van der Waals surface area contributed by atoms with Crippen molar-refractivity contribution in [2.75, 3.05) is 5.32 Å². The van der Waals surface area contributed by atoms with E-state index in [-0.39, 0.29) is 5.91 Å². The lowest BCUT2D eigenvalue weighted by Crippen LogP contribution is -2.07. The van der Waals surface area contributed by atoms with Crippen LogP contribution in [0.3, 0.4) is 0 Å². The molecule has 0 aliphatic heterocycles. The highest BCUT2D eigenvalue weighted by atomic mass is 35.5. The molecule has 3 aromatic rings. The van der Waals surface area contributed by atoms with E-state index in [0.717, 1.165) is 15.8 Å². The molecule has 0 unspecified atom stereocenters. The summed E-state index contributed by atoms with van der Waals surface area (Å²) in [5.41, 5.74) is 3.00. The number of hydrogen-bond donors (Lipinski definition) is 1. The van der Waals surface area contributed by atoms with Crippen LogP contribution in [-0.4, -0.2) is 10.9 Å². The molecule has 0 fully saturated rings. The lowest BCUT2D eigenvalue weighted by molar-refractivity contribution is -0.111. The number of amides is 1. The van der Waals surface area contributed by atoms with Gasteiger partial charge in [0.1, 0.15) is 0 Å². The Morgan fingerprint density at radius 1 is 1.23 bits per heavy atom. The van der Waals surface area contributed by atoms with Crippen molar-refractivity contribution >= 4 is 50.3 Å². The average Bonchev–Trinajstić information content (AvgIpc) is 2.88. The molecule has 2 aromatic carbocycles. The Bertz CT molecular complexity index is 853. The van der Waals surface area contributed by atoms with Crippen molar-refractivity contribution in [3.8, 4) is 0 Å². The normalized spacial score (nSPS) is 11.2. The van der Waals surface area contributed by atoms with Crippen LogP contribution in [0, 0.1) is 6.92 Å². The minimum absolute atomic E-state index is 0.203. The van der Waals surface area contributed by atoms with Crippen LogP contribution in [0.2, 0.25) is 5.02 Å². The molecule has 1 N–H and O–H groups in total. The third-order valence-corrected chi connectivity index (χ3v) is 4.25. The molecule has 1 heterocycles. The average molecular weight is 329 g/mol. The second-order valence-corrected chi connectivity index (χ2v) is 6.33. The lowest BCUT2D eigenvalue weighted by atomic mass is 10.1. The number of carbonyl (C=O) groups is 1. The number of fused-ring (bicyclic) bond motifs is 1. The minimum atomic E-state index is -0.203. The molecule has 1 amide bonds. The first kappa shape index (κ1) is 14.8. The highest BCUT2D eigenvalue weighted by Crippen LogP contribution is 2.28. The predicted octanol–water partition coefficient (Wildman–Crippen LogP) is 4.91. The number of thiazole rings is 1. The number of nitrogens with one attached hydrogen (secondary N) is 1. The van der Waals surface area contributed by atoms with Gasteiger partial charge in [0.05, 0.1) is 10.2 Å². The van der Waals surface area contributed by atoms with Crippen molar-refractivity contribution in [1.29, 1.82) is 0 Å². The molecule has 0 aliphatic rings. The van der Waals surface area contributed by atoms with Crippen molar-refractivity contribution in [3.63, 3.8) is 0 Å². The summed E-state index contributed by atoms with van der Waals surface area (Å²) < 4.78 is 0.949. The summed E-state index contributed by atoms with van der Waals surface area (Å²) in [5.74, 6) is -0.203. The second kappa shape index (κ2) is 6.30. The Morgan fingerprint density at radius 2 is 2.00 bits per heavy atom. The fourth-order valence-electron chi connectivity index (χ4n) is 1.95. The molecule has 110 valence electrons. The number of rotatable bonds is 3. The first-order valence-electron chi connectivity index (χ1n) is 6.72. The number of halogens is 1. The summed E-state index contributed by atoms with van der Waals surface area (Å²) in [4.78, 5) is 16.3.